The second kappa shape index (κ2) is 10.1. The third-order valence-corrected chi connectivity index (χ3v) is 3.77. The van der Waals surface area contributed by atoms with Gasteiger partial charge in [0, 0.05) is 41.9 Å². The zero-order valence-corrected chi connectivity index (χ0v) is 18.0. The van der Waals surface area contributed by atoms with Crippen molar-refractivity contribution in [1.29, 1.82) is 0 Å². The molecule has 0 spiro atoms. The third kappa shape index (κ3) is 5.63. The molecular formula is C17H18Cl2N2O3Zr. The zero-order chi connectivity index (χ0) is 19.0. The van der Waals surface area contributed by atoms with Crippen LogP contribution in [0.3, 0.4) is 0 Å². The Kier molecular flexibility index (Phi) is 8.77. The van der Waals surface area contributed by atoms with Gasteiger partial charge in [-0.1, -0.05) is 44.2 Å². The van der Waals surface area contributed by atoms with E-state index < -0.39 is 31.2 Å². The van der Waals surface area contributed by atoms with E-state index in [4.69, 9.17) is 17.0 Å². The van der Waals surface area contributed by atoms with Crippen LogP contribution in [0.5, 0.6) is 5.75 Å². The van der Waals surface area contributed by atoms with Crippen LogP contribution in [0.2, 0.25) is 0 Å². The Balaban J connectivity index is 0.000000970. The van der Waals surface area contributed by atoms with Gasteiger partial charge in [-0.05, 0) is 5.56 Å². The summed E-state index contributed by atoms with van der Waals surface area (Å²) in [6.45, 7) is 3.85. The van der Waals surface area contributed by atoms with E-state index in [0.29, 0.717) is 11.1 Å². The van der Waals surface area contributed by atoms with Gasteiger partial charge in [-0.25, -0.2) is 0 Å². The summed E-state index contributed by atoms with van der Waals surface area (Å²) in [6, 6.07) is 12.3. The summed E-state index contributed by atoms with van der Waals surface area (Å²) in [7, 11) is 11.4. The van der Waals surface area contributed by atoms with Crippen molar-refractivity contribution in [3.8, 4) is 5.75 Å². The van der Waals surface area contributed by atoms with Gasteiger partial charge in [0.15, 0.2) is 0 Å². The van der Waals surface area contributed by atoms with Crippen LogP contribution in [0.15, 0.2) is 47.5 Å². The Morgan fingerprint density at radius 3 is 2.28 bits per heavy atom. The molecule has 2 aromatic rings. The first-order valence-corrected chi connectivity index (χ1v) is 13.6. The van der Waals surface area contributed by atoms with Gasteiger partial charge >= 0.3 is 37.9 Å². The average Bonchev–Trinajstić information content (AvgIpc) is 2.58. The van der Waals surface area contributed by atoms with Gasteiger partial charge in [0.05, 0.1) is 4.92 Å². The van der Waals surface area contributed by atoms with E-state index in [-0.39, 0.29) is 11.4 Å². The number of hydrogen-bond acceptors (Lipinski definition) is 4. The van der Waals surface area contributed by atoms with E-state index in [9.17, 15) is 15.2 Å². The molecule has 0 saturated carbocycles. The number of rotatable bonds is 4. The Bertz CT molecular complexity index is 753. The van der Waals surface area contributed by atoms with Crippen LogP contribution in [-0.4, -0.2) is 23.3 Å². The number of hydrogen-bond donors (Lipinski definition) is 1. The molecular weight excluding hydrogens is 442 g/mol. The van der Waals surface area contributed by atoms with Gasteiger partial charge in [0.25, 0.3) is 5.69 Å². The van der Waals surface area contributed by atoms with E-state index >= 15 is 0 Å². The maximum atomic E-state index is 11.2. The minimum absolute atomic E-state index is 0.0186. The van der Waals surface area contributed by atoms with Crippen LogP contribution in [0.1, 0.15) is 30.5 Å². The van der Waals surface area contributed by atoms with Crippen LogP contribution in [0, 0.1) is 10.1 Å². The van der Waals surface area contributed by atoms with Gasteiger partial charge in [0.2, 0.25) is 0 Å². The van der Waals surface area contributed by atoms with E-state index in [0.717, 1.165) is 5.56 Å². The molecule has 0 aliphatic heterocycles. The molecule has 8 heteroatoms. The molecule has 25 heavy (non-hydrogen) atoms. The number of phenols is 1. The van der Waals surface area contributed by atoms with E-state index in [1.165, 1.54) is 18.3 Å². The molecule has 0 bridgehead atoms. The standard InChI is InChI=1S/C17H18N2O3.2ClH.Zr/c1-17(2,13-7-5-4-6-8-13)15-10-14(19(21)22)9-12(11-18-3)16(15)20;;;/h4-11,20H,1-3H3;2*1H;/q;;;+2/p-2. The molecule has 0 unspecified atom stereocenters. The summed E-state index contributed by atoms with van der Waals surface area (Å²) in [5.41, 5.74) is 1.17. The van der Waals surface area contributed by atoms with Gasteiger partial charge in [-0.3, -0.25) is 15.1 Å². The topological polar surface area (TPSA) is 75.7 Å². The molecule has 2 aromatic carbocycles. The molecule has 0 atom stereocenters. The summed E-state index contributed by atoms with van der Waals surface area (Å²) in [4.78, 5) is 14.6. The van der Waals surface area contributed by atoms with Crippen molar-refractivity contribution >= 4 is 28.9 Å². The summed E-state index contributed by atoms with van der Waals surface area (Å²) in [5, 5.41) is 21.7. The number of nitro groups is 1. The normalized spacial score (nSPS) is 10.9. The van der Waals surface area contributed by atoms with Crippen LogP contribution in [-0.2, 0) is 26.3 Å². The van der Waals surface area contributed by atoms with Crippen LogP contribution >= 0.6 is 17.0 Å². The van der Waals surface area contributed by atoms with Gasteiger partial charge in [-0.2, -0.15) is 0 Å². The predicted octanol–water partition coefficient (Wildman–Crippen LogP) is 5.05. The van der Waals surface area contributed by atoms with Crippen molar-refractivity contribution in [2.24, 2.45) is 4.99 Å². The van der Waals surface area contributed by atoms with E-state index in [1.54, 1.807) is 7.05 Å². The SMILES string of the molecule is CN=Cc1cc([N+](=O)[O-])cc(C(C)(C)c2ccccc2)c1O.[Cl][Zr][Cl]. The van der Waals surface area contributed by atoms with Gasteiger partial charge in [-0.15, -0.1) is 0 Å². The number of nitrogens with zero attached hydrogens (tertiary/aromatic N) is 2. The van der Waals surface area contributed by atoms with Crippen LogP contribution in [0.4, 0.5) is 5.69 Å². The molecule has 1 N–H and O–H groups in total. The molecule has 0 amide bonds. The molecule has 132 valence electrons. The maximum absolute atomic E-state index is 11.2. The van der Waals surface area contributed by atoms with Crippen LogP contribution in [0.25, 0.3) is 0 Å². The summed E-state index contributed by atoms with van der Waals surface area (Å²) in [6.07, 6.45) is 1.42. The predicted molar refractivity (Wildman–Crippen MR) is 98.6 cm³/mol. The van der Waals surface area contributed by atoms with E-state index in [2.05, 4.69) is 4.99 Å². The summed E-state index contributed by atoms with van der Waals surface area (Å²) < 4.78 is 0. The molecule has 0 aliphatic carbocycles. The van der Waals surface area contributed by atoms with E-state index in [1.807, 2.05) is 44.2 Å². The van der Waals surface area contributed by atoms with Crippen molar-refractivity contribution in [3.63, 3.8) is 0 Å². The Hall–Kier alpha value is -1.23. The first-order valence-electron chi connectivity index (χ1n) is 7.25. The van der Waals surface area contributed by atoms with Crippen molar-refractivity contribution < 1.29 is 30.9 Å². The Morgan fingerprint density at radius 1 is 1.24 bits per heavy atom. The molecule has 0 fully saturated rings. The molecule has 5 nitrogen and oxygen atoms in total. The molecule has 0 aliphatic rings. The number of halogens is 2. The number of non-ortho nitro benzene ring substituents is 1. The fourth-order valence-electron chi connectivity index (χ4n) is 2.47. The second-order valence-corrected chi connectivity index (χ2v) is 9.37. The first-order chi connectivity index (χ1) is 11.8. The number of phenolic OH excluding ortho intramolecular Hbond substituents is 1. The van der Waals surface area contributed by atoms with Gasteiger partial charge < -0.3 is 5.11 Å². The van der Waals surface area contributed by atoms with Crippen LogP contribution < -0.4 is 0 Å². The fraction of sp³-hybridized carbons (Fsp3) is 0.235. The average molecular weight is 460 g/mol. The van der Waals surface area contributed by atoms with Gasteiger partial charge in [0.1, 0.15) is 5.75 Å². The van der Waals surface area contributed by atoms with Crippen molar-refractivity contribution in [1.82, 2.24) is 0 Å². The van der Waals surface area contributed by atoms with Crippen molar-refractivity contribution in [2.75, 3.05) is 7.05 Å². The quantitative estimate of drug-likeness (QED) is 0.394. The number of nitro benzene ring substituents is 1. The monoisotopic (exact) mass is 458 g/mol. The first kappa shape index (κ1) is 21.8. The minimum atomic E-state index is -0.826. The molecule has 0 aromatic heterocycles. The number of aliphatic imine (C=N–C) groups is 1. The fourth-order valence-corrected chi connectivity index (χ4v) is 2.47. The second-order valence-electron chi connectivity index (χ2n) is 5.64. The molecule has 2 rings (SSSR count). The van der Waals surface area contributed by atoms with Crippen molar-refractivity contribution in [2.45, 2.75) is 19.3 Å². The zero-order valence-electron chi connectivity index (χ0n) is 14.0. The summed E-state index contributed by atoms with van der Waals surface area (Å²) in [5.74, 6) is 0.0186. The third-order valence-electron chi connectivity index (χ3n) is 3.77. The summed E-state index contributed by atoms with van der Waals surface area (Å²) >= 11 is -0.826. The number of aromatic hydroxyl groups is 1. The molecule has 0 saturated heterocycles. The Labute approximate surface area is 165 Å². The Morgan fingerprint density at radius 2 is 1.80 bits per heavy atom. The number of benzene rings is 2. The molecule has 0 radical (unpaired) electrons. The van der Waals surface area contributed by atoms with Crippen molar-refractivity contribution in [3.05, 3.63) is 69.3 Å². The molecule has 0 heterocycles.